The zero-order valence-corrected chi connectivity index (χ0v) is 27.3. The average molecular weight is 680 g/mol. The second-order valence-electron chi connectivity index (χ2n) is 5.43. The van der Waals surface area contributed by atoms with Gasteiger partial charge < -0.3 is 9.36 Å². The zero-order chi connectivity index (χ0) is 13.9. The third-order valence-electron chi connectivity index (χ3n) is 4.27. The maximum Gasteiger partial charge on any atom is 0 e. The quantitative estimate of drug-likeness (QED) is 0.393. The van der Waals surface area contributed by atoms with E-state index in [1.165, 1.54) is 22.3 Å². The van der Waals surface area contributed by atoms with Gasteiger partial charge in [-0.25, -0.2) is 6.42 Å². The van der Waals surface area contributed by atoms with Crippen LogP contribution in [0.15, 0.2) is 29.1 Å². The molecule has 0 fully saturated rings. The van der Waals surface area contributed by atoms with Crippen molar-refractivity contribution in [3.05, 3.63) is 81.6 Å². The molecule has 2 aliphatic rings. The number of fused-ring (bicyclic) bond motifs is 4. The van der Waals surface area contributed by atoms with Crippen LogP contribution in [0.3, 0.4) is 0 Å². The van der Waals surface area contributed by atoms with Crippen molar-refractivity contribution in [2.45, 2.75) is 20.3 Å². The van der Waals surface area contributed by atoms with Gasteiger partial charge in [0.15, 0.2) is 0 Å². The standard InChI is InChI=1S/C18H14NO.3V.3Y/c1-11-9-17(20)12(2)18-16-10-13-5-3-4-6-14(13)15(16)7-8-19(11)18;;;;;;/h3-8H,10H2,1-2H3;;;;;;/q-3;;;;;;. The molecule has 1 aliphatic heterocycles. The molecule has 0 spiro atoms. The van der Waals surface area contributed by atoms with Crippen LogP contribution in [-0.4, -0.2) is 4.57 Å². The summed E-state index contributed by atoms with van der Waals surface area (Å²) >= 11 is 0. The fourth-order valence-corrected chi connectivity index (χ4v) is 3.27. The summed E-state index contributed by atoms with van der Waals surface area (Å²) in [5.41, 5.74) is 7.88. The average Bonchev–Trinajstić information content (AvgIpc) is 2.82. The van der Waals surface area contributed by atoms with Crippen LogP contribution < -0.4 is 5.43 Å². The molecule has 1 aromatic heterocycles. The molecule has 0 bridgehead atoms. The van der Waals surface area contributed by atoms with E-state index in [4.69, 9.17) is 0 Å². The Morgan fingerprint density at radius 1 is 1.04 bits per heavy atom. The first-order valence-corrected chi connectivity index (χ1v) is 6.82. The van der Waals surface area contributed by atoms with E-state index in [-0.39, 0.29) is 159 Å². The zero-order valence-electron chi connectivity index (χ0n) is 14.6. The van der Waals surface area contributed by atoms with Crippen LogP contribution in [-0.2, 0) is 160 Å². The summed E-state index contributed by atoms with van der Waals surface area (Å²) < 4.78 is 2.08. The summed E-state index contributed by atoms with van der Waals surface area (Å²) in [7, 11) is 0. The Hall–Kier alpha value is 2.71. The van der Waals surface area contributed by atoms with E-state index in [2.05, 4.69) is 47.9 Å². The van der Waals surface area contributed by atoms with Gasteiger partial charge in [-0.2, -0.15) is 34.6 Å². The van der Waals surface area contributed by atoms with Gasteiger partial charge in [0.2, 0.25) is 0 Å². The molecule has 124 valence electrons. The van der Waals surface area contributed by atoms with E-state index in [1.807, 2.05) is 13.8 Å². The first-order chi connectivity index (χ1) is 9.66. The molecule has 26 heavy (non-hydrogen) atoms. The van der Waals surface area contributed by atoms with Crippen molar-refractivity contribution >= 4 is 11.1 Å². The van der Waals surface area contributed by atoms with Crippen LogP contribution in [0.1, 0.15) is 28.1 Å². The predicted molar refractivity (Wildman–Crippen MR) is 80.0 cm³/mol. The number of allylic oxidation sites excluding steroid dienone is 2. The van der Waals surface area contributed by atoms with Gasteiger partial charge in [0.25, 0.3) is 0 Å². The van der Waals surface area contributed by atoms with Crippen LogP contribution in [0.2, 0.25) is 0 Å². The molecule has 0 saturated carbocycles. The number of hydrogen-bond acceptors (Lipinski definition) is 1. The number of pyridine rings is 1. The van der Waals surface area contributed by atoms with Gasteiger partial charge in [0.05, 0.1) is 0 Å². The van der Waals surface area contributed by atoms with Gasteiger partial charge in [-0.1, -0.05) is 31.5 Å². The van der Waals surface area contributed by atoms with Crippen LogP contribution in [0.4, 0.5) is 0 Å². The molecule has 0 N–H and O–H groups in total. The molecule has 6 radical (unpaired) electrons. The molecule has 0 amide bonds. The fraction of sp³-hybridized carbons (Fsp3) is 0.167. The summed E-state index contributed by atoms with van der Waals surface area (Å²) in [5, 5.41) is 0. The van der Waals surface area contributed by atoms with Gasteiger partial charge in [0, 0.05) is 154 Å². The molecule has 2 heterocycles. The Kier molecular flexibility index (Phi) is 17.8. The smallest absolute Gasteiger partial charge is 0 e. The van der Waals surface area contributed by atoms with Gasteiger partial charge in [-0.15, -0.1) is 24.1 Å². The van der Waals surface area contributed by atoms with Gasteiger partial charge >= 0.3 is 0 Å². The SMILES string of the molecule is Cc1c2n(c(C)[c-]c1=O)[CH-][CH-]C1=C2Cc2ccccc21.[V].[V].[V].[Y].[Y].[Y]. The van der Waals surface area contributed by atoms with E-state index in [1.54, 1.807) is 0 Å². The molecule has 2 aromatic rings. The monoisotopic (exact) mass is 680 g/mol. The summed E-state index contributed by atoms with van der Waals surface area (Å²) in [5.74, 6) is 0. The normalized spacial score (nSPS) is 11.6. The van der Waals surface area contributed by atoms with Crippen LogP contribution in [0, 0.1) is 32.9 Å². The van der Waals surface area contributed by atoms with E-state index >= 15 is 0 Å². The van der Waals surface area contributed by atoms with Crippen molar-refractivity contribution in [1.29, 1.82) is 0 Å². The van der Waals surface area contributed by atoms with Gasteiger partial charge in [-0.05, 0) is 5.43 Å². The molecule has 1 aromatic carbocycles. The Balaban J connectivity index is -0.000000882. The van der Waals surface area contributed by atoms with Crippen molar-refractivity contribution in [3.8, 4) is 0 Å². The third kappa shape index (κ3) is 5.90. The number of nitrogens with zero attached hydrogens (tertiary/aromatic N) is 1. The number of benzene rings is 1. The topological polar surface area (TPSA) is 22.0 Å². The first-order valence-electron chi connectivity index (χ1n) is 6.82. The molecule has 1 aliphatic carbocycles. The fourth-order valence-electron chi connectivity index (χ4n) is 3.27. The molecule has 0 atom stereocenters. The number of hydrogen-bond donors (Lipinski definition) is 0. The Morgan fingerprint density at radius 3 is 2.31 bits per heavy atom. The first kappa shape index (κ1) is 33.4. The largest absolute Gasteiger partial charge is 0.529 e. The third-order valence-corrected chi connectivity index (χ3v) is 4.27. The summed E-state index contributed by atoms with van der Waals surface area (Å²) in [6.07, 6.45) is 3.05. The predicted octanol–water partition coefficient (Wildman–Crippen LogP) is 2.95. The van der Waals surface area contributed by atoms with E-state index in [9.17, 15) is 4.79 Å². The minimum atomic E-state index is 0. The molecular formula is C18H14NOV3Y3-3. The summed E-state index contributed by atoms with van der Waals surface area (Å²) in [4.78, 5) is 12.1. The van der Waals surface area contributed by atoms with Crippen LogP contribution in [0.5, 0.6) is 0 Å². The summed E-state index contributed by atoms with van der Waals surface area (Å²) in [6, 6.07) is 11.4. The molecular weight excluding hydrogens is 666 g/mol. The van der Waals surface area contributed by atoms with Crippen LogP contribution in [0.25, 0.3) is 11.1 Å². The molecule has 0 saturated heterocycles. The summed E-state index contributed by atoms with van der Waals surface area (Å²) in [6.45, 7) is 5.88. The maximum absolute atomic E-state index is 12.1. The molecule has 8 heteroatoms. The van der Waals surface area contributed by atoms with Gasteiger partial charge in [-0.3, -0.25) is 6.07 Å². The van der Waals surface area contributed by atoms with E-state index in [0.29, 0.717) is 0 Å². The Morgan fingerprint density at radius 2 is 1.65 bits per heavy atom. The van der Waals surface area contributed by atoms with Crippen molar-refractivity contribution in [1.82, 2.24) is 4.57 Å². The maximum atomic E-state index is 12.1. The van der Waals surface area contributed by atoms with Crippen molar-refractivity contribution in [2.24, 2.45) is 0 Å². The minimum absolute atomic E-state index is 0. The van der Waals surface area contributed by atoms with Crippen molar-refractivity contribution in [3.63, 3.8) is 0 Å². The number of aryl methyl sites for hydroxylation is 1. The minimum Gasteiger partial charge on any atom is -0.529 e. The van der Waals surface area contributed by atoms with E-state index in [0.717, 1.165) is 23.4 Å². The van der Waals surface area contributed by atoms with Gasteiger partial charge in [0.1, 0.15) is 0 Å². The molecule has 0 unspecified atom stereocenters. The van der Waals surface area contributed by atoms with Crippen molar-refractivity contribution < 1.29 is 154 Å². The number of rotatable bonds is 0. The number of aromatic nitrogens is 1. The second kappa shape index (κ2) is 13.9. The van der Waals surface area contributed by atoms with Crippen molar-refractivity contribution in [2.75, 3.05) is 0 Å². The molecule has 4 rings (SSSR count). The Bertz CT molecular complexity index is 850. The molecule has 2 nitrogen and oxygen atoms in total. The van der Waals surface area contributed by atoms with E-state index < -0.39 is 0 Å². The van der Waals surface area contributed by atoms with Crippen LogP contribution >= 0.6 is 0 Å². The second-order valence-corrected chi connectivity index (χ2v) is 5.43. The Labute approximate surface area is 266 Å².